The van der Waals surface area contributed by atoms with E-state index in [1.807, 2.05) is 17.0 Å². The molecule has 0 radical (unpaired) electrons. The Bertz CT molecular complexity index is 554. The van der Waals surface area contributed by atoms with Crippen molar-refractivity contribution in [3.8, 4) is 0 Å². The van der Waals surface area contributed by atoms with E-state index in [2.05, 4.69) is 10.3 Å². The Labute approximate surface area is 130 Å². The van der Waals surface area contributed by atoms with E-state index in [4.69, 9.17) is 0 Å². The molecule has 1 aromatic rings. The molecule has 1 saturated heterocycles. The van der Waals surface area contributed by atoms with Gasteiger partial charge >= 0.3 is 0 Å². The molecule has 1 saturated carbocycles. The lowest BCUT2D eigenvalue weighted by molar-refractivity contribution is -0.128. The Morgan fingerprint density at radius 1 is 1.14 bits per heavy atom. The molecular formula is C16H22N4O2. The molecule has 0 aromatic carbocycles. The summed E-state index contributed by atoms with van der Waals surface area (Å²) in [6.07, 6.45) is 4.85. The summed E-state index contributed by atoms with van der Waals surface area (Å²) in [6, 6.07) is 4.25. The number of hydrogen-bond acceptors (Lipinski definition) is 4. The Balaban J connectivity index is 1.61. The summed E-state index contributed by atoms with van der Waals surface area (Å²) in [5.74, 6) is 0.903. The molecule has 2 aliphatic rings. The molecular weight excluding hydrogens is 280 g/mol. The van der Waals surface area contributed by atoms with E-state index in [9.17, 15) is 9.59 Å². The zero-order valence-corrected chi connectivity index (χ0v) is 12.9. The van der Waals surface area contributed by atoms with Crippen LogP contribution >= 0.6 is 0 Å². The maximum Gasteiger partial charge on any atom is 0.255 e. The molecule has 2 heterocycles. The summed E-state index contributed by atoms with van der Waals surface area (Å²) in [7, 11) is 0. The summed E-state index contributed by atoms with van der Waals surface area (Å²) < 4.78 is 0. The lowest BCUT2D eigenvalue weighted by Gasteiger charge is -2.21. The Hall–Kier alpha value is -2.11. The van der Waals surface area contributed by atoms with E-state index >= 15 is 0 Å². The molecule has 1 aliphatic carbocycles. The van der Waals surface area contributed by atoms with E-state index in [1.54, 1.807) is 18.0 Å². The van der Waals surface area contributed by atoms with Crippen LogP contribution in [0.4, 0.5) is 5.82 Å². The van der Waals surface area contributed by atoms with Crippen LogP contribution in [-0.2, 0) is 4.79 Å². The van der Waals surface area contributed by atoms with E-state index in [-0.39, 0.29) is 11.8 Å². The van der Waals surface area contributed by atoms with Gasteiger partial charge in [0.05, 0.1) is 5.56 Å². The molecule has 0 bridgehead atoms. The maximum absolute atomic E-state index is 12.5. The van der Waals surface area contributed by atoms with Gasteiger partial charge < -0.3 is 15.1 Å². The highest BCUT2D eigenvalue weighted by Crippen LogP contribution is 2.23. The first kappa shape index (κ1) is 14.8. The first-order chi connectivity index (χ1) is 10.6. The van der Waals surface area contributed by atoms with Crippen LogP contribution in [0.1, 0.15) is 36.5 Å². The largest absolute Gasteiger partial charge is 0.367 e. The van der Waals surface area contributed by atoms with Gasteiger partial charge in [0, 0.05) is 45.3 Å². The number of carbonyl (C=O) groups excluding carboxylic acids is 2. The van der Waals surface area contributed by atoms with Crippen molar-refractivity contribution in [2.45, 2.75) is 32.2 Å². The van der Waals surface area contributed by atoms with Crippen LogP contribution in [0.3, 0.4) is 0 Å². The molecule has 0 atom stereocenters. The molecule has 118 valence electrons. The topological polar surface area (TPSA) is 65.5 Å². The third-order valence-corrected chi connectivity index (χ3v) is 4.17. The molecule has 2 fully saturated rings. The molecule has 22 heavy (non-hydrogen) atoms. The quantitative estimate of drug-likeness (QED) is 0.915. The Morgan fingerprint density at radius 2 is 1.86 bits per heavy atom. The normalized spacial score (nSPS) is 18.8. The van der Waals surface area contributed by atoms with Crippen LogP contribution in [0.2, 0.25) is 0 Å². The third kappa shape index (κ3) is 3.55. The van der Waals surface area contributed by atoms with Crippen molar-refractivity contribution in [2.75, 3.05) is 31.5 Å². The Morgan fingerprint density at radius 3 is 2.50 bits per heavy atom. The van der Waals surface area contributed by atoms with Crippen LogP contribution in [0, 0.1) is 0 Å². The third-order valence-electron chi connectivity index (χ3n) is 4.17. The number of nitrogens with zero attached hydrogens (tertiary/aromatic N) is 3. The summed E-state index contributed by atoms with van der Waals surface area (Å²) in [4.78, 5) is 31.9. The standard InChI is InChI=1S/C16H22N4O2/c1-12(21)19-7-2-8-20(10-9-19)16(22)13-3-6-15(17-11-13)18-14-4-5-14/h3,6,11,14H,2,4-5,7-10H2,1H3,(H,17,18). The number of hydrogen-bond donors (Lipinski definition) is 1. The van der Waals surface area contributed by atoms with Gasteiger partial charge in [0.2, 0.25) is 5.91 Å². The van der Waals surface area contributed by atoms with Crippen molar-refractivity contribution in [3.05, 3.63) is 23.9 Å². The molecule has 0 spiro atoms. The number of pyridine rings is 1. The monoisotopic (exact) mass is 302 g/mol. The fourth-order valence-electron chi connectivity index (χ4n) is 2.66. The smallest absolute Gasteiger partial charge is 0.255 e. The molecule has 0 unspecified atom stereocenters. The van der Waals surface area contributed by atoms with Crippen molar-refractivity contribution in [3.63, 3.8) is 0 Å². The van der Waals surface area contributed by atoms with Gasteiger partial charge in [0.1, 0.15) is 5.82 Å². The number of nitrogens with one attached hydrogen (secondary N) is 1. The average molecular weight is 302 g/mol. The minimum absolute atomic E-state index is 0.00382. The van der Waals surface area contributed by atoms with E-state index in [1.165, 1.54) is 12.8 Å². The number of carbonyl (C=O) groups is 2. The fraction of sp³-hybridized carbons (Fsp3) is 0.562. The van der Waals surface area contributed by atoms with Gasteiger partial charge in [-0.15, -0.1) is 0 Å². The molecule has 1 aliphatic heterocycles. The fourth-order valence-corrected chi connectivity index (χ4v) is 2.66. The van der Waals surface area contributed by atoms with Gasteiger partial charge in [0.25, 0.3) is 5.91 Å². The molecule has 1 aromatic heterocycles. The second kappa shape index (κ2) is 6.34. The minimum atomic E-state index is -0.00382. The second-order valence-corrected chi connectivity index (χ2v) is 6.00. The highest BCUT2D eigenvalue weighted by atomic mass is 16.2. The zero-order valence-electron chi connectivity index (χ0n) is 12.9. The number of anilines is 1. The van der Waals surface area contributed by atoms with Gasteiger partial charge in [-0.1, -0.05) is 0 Å². The van der Waals surface area contributed by atoms with Crippen LogP contribution < -0.4 is 5.32 Å². The van der Waals surface area contributed by atoms with Gasteiger partial charge in [-0.05, 0) is 31.4 Å². The number of rotatable bonds is 3. The van der Waals surface area contributed by atoms with Crippen LogP contribution in [0.15, 0.2) is 18.3 Å². The molecule has 2 amide bonds. The summed E-state index contributed by atoms with van der Waals surface area (Å²) in [5.41, 5.74) is 0.609. The van der Waals surface area contributed by atoms with E-state index in [0.29, 0.717) is 31.2 Å². The van der Waals surface area contributed by atoms with Crippen molar-refractivity contribution in [2.24, 2.45) is 0 Å². The molecule has 6 nitrogen and oxygen atoms in total. The minimum Gasteiger partial charge on any atom is -0.367 e. The van der Waals surface area contributed by atoms with Crippen LogP contribution in [0.5, 0.6) is 0 Å². The number of amides is 2. The van der Waals surface area contributed by atoms with Crippen molar-refractivity contribution < 1.29 is 9.59 Å². The second-order valence-electron chi connectivity index (χ2n) is 6.00. The van der Waals surface area contributed by atoms with Gasteiger partial charge in [-0.3, -0.25) is 9.59 Å². The SMILES string of the molecule is CC(=O)N1CCCN(C(=O)c2ccc(NC3CC3)nc2)CC1. The average Bonchev–Trinajstić information content (AvgIpc) is 3.33. The van der Waals surface area contributed by atoms with E-state index in [0.717, 1.165) is 18.8 Å². The molecule has 3 rings (SSSR count). The molecule has 1 N–H and O–H groups in total. The maximum atomic E-state index is 12.5. The summed E-state index contributed by atoms with van der Waals surface area (Å²) in [6.45, 7) is 4.18. The summed E-state index contributed by atoms with van der Waals surface area (Å²) >= 11 is 0. The van der Waals surface area contributed by atoms with Crippen molar-refractivity contribution in [1.29, 1.82) is 0 Å². The van der Waals surface area contributed by atoms with Gasteiger partial charge in [-0.25, -0.2) is 4.98 Å². The highest BCUT2D eigenvalue weighted by Gasteiger charge is 2.23. The van der Waals surface area contributed by atoms with Gasteiger partial charge in [-0.2, -0.15) is 0 Å². The van der Waals surface area contributed by atoms with Crippen LogP contribution in [0.25, 0.3) is 0 Å². The predicted molar refractivity (Wildman–Crippen MR) is 83.7 cm³/mol. The highest BCUT2D eigenvalue weighted by molar-refractivity contribution is 5.94. The lowest BCUT2D eigenvalue weighted by atomic mass is 10.2. The lowest BCUT2D eigenvalue weighted by Crippen LogP contribution is -2.36. The first-order valence-electron chi connectivity index (χ1n) is 7.91. The van der Waals surface area contributed by atoms with E-state index < -0.39 is 0 Å². The van der Waals surface area contributed by atoms with Crippen LogP contribution in [-0.4, -0.2) is 58.8 Å². The van der Waals surface area contributed by atoms with Crippen molar-refractivity contribution >= 4 is 17.6 Å². The molecule has 6 heteroatoms. The number of aromatic nitrogens is 1. The van der Waals surface area contributed by atoms with Gasteiger partial charge in [0.15, 0.2) is 0 Å². The Kier molecular flexibility index (Phi) is 4.27. The summed E-state index contributed by atoms with van der Waals surface area (Å²) in [5, 5.41) is 3.31. The first-order valence-corrected chi connectivity index (χ1v) is 7.91. The van der Waals surface area contributed by atoms with Crippen molar-refractivity contribution in [1.82, 2.24) is 14.8 Å². The predicted octanol–water partition coefficient (Wildman–Crippen LogP) is 1.35. The zero-order chi connectivity index (χ0) is 15.5.